The molecular weight excluding hydrogens is 516 g/mol. The van der Waals surface area contributed by atoms with Crippen LogP contribution in [0.15, 0.2) is 119 Å². The molecule has 0 aliphatic heterocycles. The molecule has 5 aromatic carbocycles. The number of fused-ring (bicyclic) bond motifs is 2. The summed E-state index contributed by atoms with van der Waals surface area (Å²) in [6, 6.07) is 30.4. The number of nitrogens with zero attached hydrogens (tertiary/aromatic N) is 3. The maximum absolute atomic E-state index is 13.5. The monoisotopic (exact) mass is 538 g/mol. The number of hydrogen-bond acceptors (Lipinski definition) is 6. The molecule has 0 fully saturated rings. The average Bonchev–Trinajstić information content (AvgIpc) is 2.96. The summed E-state index contributed by atoms with van der Waals surface area (Å²) in [4.78, 5) is 23.9. The standard InChI is InChI=1S/C29H22N4O5S/c34-29(31-30-19-26-24-14-6-4-10-21(24)18-22-11-5-7-15-25(22)26)20-32(27-16-8-9-17-28(27)33(35)36)39(37,38)23-12-2-1-3-13-23/h1-19H,20H2,(H,31,34)/b30-19+. The number of hydrazone groups is 1. The van der Waals surface area contributed by atoms with E-state index in [1.54, 1.807) is 6.07 Å². The molecule has 0 spiro atoms. The number of rotatable bonds is 8. The molecule has 10 heteroatoms. The summed E-state index contributed by atoms with van der Waals surface area (Å²) in [6.07, 6.45) is 1.52. The summed E-state index contributed by atoms with van der Waals surface area (Å²) >= 11 is 0. The summed E-state index contributed by atoms with van der Waals surface area (Å²) in [7, 11) is -4.32. The van der Waals surface area contributed by atoms with Crippen molar-refractivity contribution in [2.75, 3.05) is 10.8 Å². The molecule has 0 saturated heterocycles. The molecule has 0 bridgehead atoms. The van der Waals surface area contributed by atoms with Gasteiger partial charge in [-0.2, -0.15) is 5.10 Å². The van der Waals surface area contributed by atoms with Gasteiger partial charge >= 0.3 is 0 Å². The molecule has 5 rings (SSSR count). The predicted molar refractivity (Wildman–Crippen MR) is 151 cm³/mol. The van der Waals surface area contributed by atoms with Gasteiger partial charge in [-0.3, -0.25) is 14.9 Å². The second kappa shape index (κ2) is 10.7. The number of carbonyl (C=O) groups excluding carboxylic acids is 1. The molecule has 1 N–H and O–H groups in total. The maximum Gasteiger partial charge on any atom is 0.293 e. The van der Waals surface area contributed by atoms with Gasteiger partial charge in [0.15, 0.2) is 0 Å². The van der Waals surface area contributed by atoms with Crippen molar-refractivity contribution in [1.82, 2.24) is 5.43 Å². The fourth-order valence-corrected chi connectivity index (χ4v) is 5.83. The van der Waals surface area contributed by atoms with E-state index in [-0.39, 0.29) is 10.6 Å². The van der Waals surface area contributed by atoms with Crippen molar-refractivity contribution in [2.45, 2.75) is 4.90 Å². The number of amides is 1. The van der Waals surface area contributed by atoms with Gasteiger partial charge in [-0.05, 0) is 45.8 Å². The lowest BCUT2D eigenvalue weighted by Gasteiger charge is -2.23. The Kier molecular flexibility index (Phi) is 7.02. The SMILES string of the molecule is O=C(CN(c1ccccc1[N+](=O)[O-])S(=O)(=O)c1ccccc1)N/N=C/c1c2ccccc2cc2ccccc12. The molecule has 39 heavy (non-hydrogen) atoms. The zero-order valence-electron chi connectivity index (χ0n) is 20.5. The largest absolute Gasteiger partial charge is 0.293 e. The third-order valence-corrected chi connectivity index (χ3v) is 7.94. The van der Waals surface area contributed by atoms with Crippen LogP contribution >= 0.6 is 0 Å². The number of sulfonamides is 1. The summed E-state index contributed by atoms with van der Waals surface area (Å²) < 4.78 is 27.8. The Morgan fingerprint density at radius 1 is 0.846 bits per heavy atom. The number of nitro benzene ring substituents is 1. The minimum atomic E-state index is -4.32. The van der Waals surface area contributed by atoms with E-state index in [1.165, 1.54) is 54.7 Å². The van der Waals surface area contributed by atoms with Crippen molar-refractivity contribution >= 4 is 55.1 Å². The van der Waals surface area contributed by atoms with E-state index < -0.39 is 33.1 Å². The quantitative estimate of drug-likeness (QED) is 0.125. The molecule has 0 unspecified atom stereocenters. The zero-order valence-corrected chi connectivity index (χ0v) is 21.3. The van der Waals surface area contributed by atoms with Gasteiger partial charge in [0.05, 0.1) is 16.0 Å². The number of carbonyl (C=O) groups is 1. The van der Waals surface area contributed by atoms with Crippen LogP contribution in [0.1, 0.15) is 5.56 Å². The second-order valence-electron chi connectivity index (χ2n) is 8.60. The van der Waals surface area contributed by atoms with Crippen LogP contribution in [0.2, 0.25) is 0 Å². The average molecular weight is 539 g/mol. The lowest BCUT2D eigenvalue weighted by molar-refractivity contribution is -0.384. The summed E-state index contributed by atoms with van der Waals surface area (Å²) in [6.45, 7) is -0.726. The van der Waals surface area contributed by atoms with E-state index in [0.29, 0.717) is 0 Å². The minimum absolute atomic E-state index is 0.110. The highest BCUT2D eigenvalue weighted by molar-refractivity contribution is 7.92. The zero-order chi connectivity index (χ0) is 27.4. The maximum atomic E-state index is 13.5. The normalized spacial score (nSPS) is 11.6. The van der Waals surface area contributed by atoms with E-state index in [0.717, 1.165) is 31.4 Å². The third-order valence-electron chi connectivity index (χ3n) is 6.16. The molecule has 0 aliphatic carbocycles. The van der Waals surface area contributed by atoms with Crippen LogP contribution in [0, 0.1) is 10.1 Å². The van der Waals surface area contributed by atoms with E-state index in [9.17, 15) is 23.3 Å². The highest BCUT2D eigenvalue weighted by atomic mass is 32.2. The molecule has 5 aromatic rings. The van der Waals surface area contributed by atoms with Gasteiger partial charge in [0.25, 0.3) is 21.6 Å². The number of para-hydroxylation sites is 2. The number of benzene rings is 5. The van der Waals surface area contributed by atoms with Gasteiger partial charge in [0.2, 0.25) is 0 Å². The molecule has 0 atom stereocenters. The van der Waals surface area contributed by atoms with Crippen molar-refractivity contribution in [3.05, 3.63) is 125 Å². The van der Waals surface area contributed by atoms with E-state index in [2.05, 4.69) is 16.6 Å². The Bertz CT molecular complexity index is 1790. The van der Waals surface area contributed by atoms with Crippen LogP contribution in [0.4, 0.5) is 11.4 Å². The minimum Gasteiger partial charge on any atom is -0.271 e. The Morgan fingerprint density at radius 3 is 2.05 bits per heavy atom. The van der Waals surface area contributed by atoms with Crippen LogP contribution in [-0.2, 0) is 14.8 Å². The lowest BCUT2D eigenvalue weighted by atomic mass is 9.97. The van der Waals surface area contributed by atoms with Gasteiger partial charge < -0.3 is 0 Å². The smallest absolute Gasteiger partial charge is 0.271 e. The van der Waals surface area contributed by atoms with Crippen molar-refractivity contribution in [2.24, 2.45) is 5.10 Å². The highest BCUT2D eigenvalue weighted by Gasteiger charge is 2.31. The molecule has 0 heterocycles. The molecule has 0 saturated carbocycles. The molecule has 0 aliphatic rings. The number of nitrogens with one attached hydrogen (secondary N) is 1. The molecular formula is C29H22N4O5S. The summed E-state index contributed by atoms with van der Waals surface area (Å²) in [5.41, 5.74) is 2.50. The van der Waals surface area contributed by atoms with E-state index in [1.807, 2.05) is 48.5 Å². The van der Waals surface area contributed by atoms with Crippen molar-refractivity contribution in [3.63, 3.8) is 0 Å². The van der Waals surface area contributed by atoms with Crippen molar-refractivity contribution < 1.29 is 18.1 Å². The topological polar surface area (TPSA) is 122 Å². The van der Waals surface area contributed by atoms with Gasteiger partial charge in [0.1, 0.15) is 12.2 Å². The van der Waals surface area contributed by atoms with E-state index in [4.69, 9.17) is 0 Å². The lowest BCUT2D eigenvalue weighted by Crippen LogP contribution is -2.39. The molecule has 9 nitrogen and oxygen atoms in total. The fraction of sp³-hybridized carbons (Fsp3) is 0.0345. The summed E-state index contributed by atoms with van der Waals surface area (Å²) in [5.74, 6) is -0.770. The van der Waals surface area contributed by atoms with Gasteiger partial charge in [-0.25, -0.2) is 18.1 Å². The molecule has 0 aromatic heterocycles. The highest BCUT2D eigenvalue weighted by Crippen LogP contribution is 2.32. The molecule has 0 radical (unpaired) electrons. The van der Waals surface area contributed by atoms with Crippen LogP contribution in [-0.4, -0.2) is 32.0 Å². The third kappa shape index (κ3) is 5.18. The fourth-order valence-electron chi connectivity index (χ4n) is 4.37. The first-order chi connectivity index (χ1) is 18.9. The molecule has 1 amide bonds. The van der Waals surface area contributed by atoms with Crippen LogP contribution < -0.4 is 9.73 Å². The van der Waals surface area contributed by atoms with Gasteiger partial charge in [0, 0.05) is 11.6 Å². The van der Waals surface area contributed by atoms with Crippen molar-refractivity contribution in [1.29, 1.82) is 0 Å². The predicted octanol–water partition coefficient (Wildman–Crippen LogP) is 5.25. The van der Waals surface area contributed by atoms with Crippen LogP contribution in [0.3, 0.4) is 0 Å². The van der Waals surface area contributed by atoms with Crippen molar-refractivity contribution in [3.8, 4) is 0 Å². The Hall–Kier alpha value is -5.09. The first kappa shape index (κ1) is 25.6. The van der Waals surface area contributed by atoms with Gasteiger partial charge in [-0.1, -0.05) is 78.9 Å². The Balaban J connectivity index is 1.48. The number of hydrogen-bond donors (Lipinski definition) is 1. The van der Waals surface area contributed by atoms with Crippen LogP contribution in [0.5, 0.6) is 0 Å². The Labute approximate surface area is 224 Å². The number of nitro groups is 1. The molecule has 194 valence electrons. The first-order valence-electron chi connectivity index (χ1n) is 11.9. The summed E-state index contributed by atoms with van der Waals surface area (Å²) in [5, 5.41) is 19.7. The number of anilines is 1. The second-order valence-corrected chi connectivity index (χ2v) is 10.5. The van der Waals surface area contributed by atoms with E-state index >= 15 is 0 Å². The Morgan fingerprint density at radius 2 is 1.41 bits per heavy atom. The first-order valence-corrected chi connectivity index (χ1v) is 13.3. The van der Waals surface area contributed by atoms with Crippen LogP contribution in [0.25, 0.3) is 21.5 Å². The van der Waals surface area contributed by atoms with Gasteiger partial charge in [-0.15, -0.1) is 0 Å².